The standard InChI is InChI=1S/C18H28N2/c1-13(2)8-15-9-16-10-17(18(15)16)20(12-19)11-14-6-4-3-5-7-14/h14-18H,1,3-11H2,2H3. The molecule has 3 fully saturated rings. The molecule has 4 atom stereocenters. The summed E-state index contributed by atoms with van der Waals surface area (Å²) in [7, 11) is 0. The quantitative estimate of drug-likeness (QED) is 0.423. The average molecular weight is 272 g/mol. The Hall–Kier alpha value is -0.970. The summed E-state index contributed by atoms with van der Waals surface area (Å²) in [6.07, 6.45) is 13.2. The van der Waals surface area contributed by atoms with Crippen LogP contribution in [0.3, 0.4) is 0 Å². The predicted octanol–water partition coefficient (Wildman–Crippen LogP) is 4.34. The molecule has 3 rings (SSSR count). The van der Waals surface area contributed by atoms with Crippen molar-refractivity contribution in [3.05, 3.63) is 12.2 Å². The molecular weight excluding hydrogens is 244 g/mol. The van der Waals surface area contributed by atoms with Gasteiger partial charge in [-0.15, -0.1) is 6.58 Å². The molecule has 3 aliphatic rings. The summed E-state index contributed by atoms with van der Waals surface area (Å²) < 4.78 is 0. The maximum absolute atomic E-state index is 9.55. The van der Waals surface area contributed by atoms with E-state index in [1.807, 2.05) is 0 Å². The number of hydrogen-bond acceptors (Lipinski definition) is 2. The van der Waals surface area contributed by atoms with Crippen LogP contribution >= 0.6 is 0 Å². The number of fused-ring (bicyclic) bond motifs is 1. The Labute approximate surface area is 123 Å². The summed E-state index contributed by atoms with van der Waals surface area (Å²) in [6, 6.07) is 0.560. The van der Waals surface area contributed by atoms with Crippen molar-refractivity contribution in [2.45, 2.75) is 64.3 Å². The highest BCUT2D eigenvalue weighted by Crippen LogP contribution is 2.57. The summed E-state index contributed by atoms with van der Waals surface area (Å²) in [6.45, 7) is 7.24. The second-order valence-electron chi connectivity index (χ2n) is 7.55. The maximum Gasteiger partial charge on any atom is 0.179 e. The Balaban J connectivity index is 1.54. The zero-order chi connectivity index (χ0) is 14.1. The highest BCUT2D eigenvalue weighted by molar-refractivity contribution is 5.11. The summed E-state index contributed by atoms with van der Waals surface area (Å²) in [5.74, 6) is 3.32. The topological polar surface area (TPSA) is 27.0 Å². The minimum atomic E-state index is 0.560. The SMILES string of the molecule is C=C(C)CC1CC2CC(N(C#N)CC3CCCCC3)C12. The van der Waals surface area contributed by atoms with Gasteiger partial charge in [0, 0.05) is 12.6 Å². The lowest BCUT2D eigenvalue weighted by Crippen LogP contribution is -2.61. The van der Waals surface area contributed by atoms with Crippen LogP contribution in [0.5, 0.6) is 0 Å². The maximum atomic E-state index is 9.55. The number of nitriles is 1. The average Bonchev–Trinajstić information content (AvgIpc) is 2.41. The van der Waals surface area contributed by atoms with E-state index < -0.39 is 0 Å². The van der Waals surface area contributed by atoms with E-state index in [9.17, 15) is 5.26 Å². The molecule has 0 spiro atoms. The van der Waals surface area contributed by atoms with Crippen molar-refractivity contribution in [1.29, 1.82) is 5.26 Å². The molecule has 0 saturated heterocycles. The van der Waals surface area contributed by atoms with Crippen molar-refractivity contribution in [3.63, 3.8) is 0 Å². The Bertz CT molecular complexity index is 402. The van der Waals surface area contributed by atoms with Crippen LogP contribution in [0, 0.1) is 35.1 Å². The molecule has 0 bridgehead atoms. The van der Waals surface area contributed by atoms with Crippen molar-refractivity contribution in [2.75, 3.05) is 6.54 Å². The molecule has 4 unspecified atom stereocenters. The van der Waals surface area contributed by atoms with E-state index in [4.69, 9.17) is 0 Å². The zero-order valence-corrected chi connectivity index (χ0v) is 12.9. The van der Waals surface area contributed by atoms with Gasteiger partial charge in [-0.1, -0.05) is 24.8 Å². The highest BCUT2D eigenvalue weighted by atomic mass is 15.2. The molecule has 2 nitrogen and oxygen atoms in total. The third-order valence-corrected chi connectivity index (χ3v) is 6.00. The molecule has 0 aliphatic heterocycles. The zero-order valence-electron chi connectivity index (χ0n) is 12.9. The lowest BCUT2D eigenvalue weighted by atomic mass is 9.49. The molecule has 3 aliphatic carbocycles. The summed E-state index contributed by atoms with van der Waals surface area (Å²) in [5.41, 5.74) is 1.31. The Morgan fingerprint density at radius 1 is 1.25 bits per heavy atom. The second-order valence-corrected chi connectivity index (χ2v) is 7.55. The Morgan fingerprint density at radius 2 is 2.00 bits per heavy atom. The fraction of sp³-hybridized carbons (Fsp3) is 0.833. The molecule has 0 amide bonds. The van der Waals surface area contributed by atoms with E-state index in [1.54, 1.807) is 0 Å². The molecule has 3 saturated carbocycles. The molecule has 0 heterocycles. The van der Waals surface area contributed by atoms with Gasteiger partial charge in [0.05, 0.1) is 0 Å². The van der Waals surface area contributed by atoms with Crippen LogP contribution in [0.1, 0.15) is 58.3 Å². The number of nitrogens with zero attached hydrogens (tertiary/aromatic N) is 2. The minimum absolute atomic E-state index is 0.560. The van der Waals surface area contributed by atoms with Gasteiger partial charge in [-0.25, -0.2) is 0 Å². The van der Waals surface area contributed by atoms with E-state index in [1.165, 1.54) is 56.9 Å². The summed E-state index contributed by atoms with van der Waals surface area (Å²) >= 11 is 0. The highest BCUT2D eigenvalue weighted by Gasteiger charge is 2.55. The molecule has 0 N–H and O–H groups in total. The Kier molecular flexibility index (Phi) is 4.06. The van der Waals surface area contributed by atoms with Gasteiger partial charge in [-0.05, 0) is 62.7 Å². The number of rotatable bonds is 5. The predicted molar refractivity (Wildman–Crippen MR) is 81.8 cm³/mol. The minimum Gasteiger partial charge on any atom is -0.307 e. The smallest absolute Gasteiger partial charge is 0.179 e. The lowest BCUT2D eigenvalue weighted by Gasteiger charge is -2.60. The number of allylic oxidation sites excluding steroid dienone is 1. The van der Waals surface area contributed by atoms with Crippen LogP contribution in [0.2, 0.25) is 0 Å². The summed E-state index contributed by atoms with van der Waals surface area (Å²) in [4.78, 5) is 2.15. The van der Waals surface area contributed by atoms with Gasteiger partial charge in [-0.2, -0.15) is 5.26 Å². The third-order valence-electron chi connectivity index (χ3n) is 6.00. The van der Waals surface area contributed by atoms with Gasteiger partial charge in [0.15, 0.2) is 6.19 Å². The molecule has 0 aromatic heterocycles. The van der Waals surface area contributed by atoms with Crippen LogP contribution in [0.4, 0.5) is 0 Å². The van der Waals surface area contributed by atoms with Gasteiger partial charge < -0.3 is 4.90 Å². The van der Waals surface area contributed by atoms with Crippen molar-refractivity contribution < 1.29 is 0 Å². The van der Waals surface area contributed by atoms with Gasteiger partial charge in [-0.3, -0.25) is 0 Å². The fourth-order valence-corrected chi connectivity index (χ4v) is 4.95. The van der Waals surface area contributed by atoms with Gasteiger partial charge in [0.1, 0.15) is 0 Å². The molecule has 0 aromatic rings. The van der Waals surface area contributed by atoms with Crippen molar-refractivity contribution in [3.8, 4) is 6.19 Å². The van der Waals surface area contributed by atoms with Crippen LogP contribution in [-0.2, 0) is 0 Å². The van der Waals surface area contributed by atoms with Crippen molar-refractivity contribution in [1.82, 2.24) is 4.90 Å². The number of hydrogen-bond donors (Lipinski definition) is 0. The lowest BCUT2D eigenvalue weighted by molar-refractivity contribution is -0.100. The monoisotopic (exact) mass is 272 g/mol. The van der Waals surface area contributed by atoms with Gasteiger partial charge in [0.25, 0.3) is 0 Å². The van der Waals surface area contributed by atoms with Crippen LogP contribution < -0.4 is 0 Å². The van der Waals surface area contributed by atoms with Crippen LogP contribution in [-0.4, -0.2) is 17.5 Å². The van der Waals surface area contributed by atoms with Gasteiger partial charge in [0.2, 0.25) is 0 Å². The first-order chi connectivity index (χ1) is 9.69. The molecule has 2 heteroatoms. The molecular formula is C18H28N2. The van der Waals surface area contributed by atoms with E-state index in [0.29, 0.717) is 6.04 Å². The largest absolute Gasteiger partial charge is 0.307 e. The van der Waals surface area contributed by atoms with E-state index >= 15 is 0 Å². The Morgan fingerprint density at radius 3 is 2.60 bits per heavy atom. The van der Waals surface area contributed by atoms with E-state index in [0.717, 1.165) is 30.2 Å². The van der Waals surface area contributed by atoms with Crippen LogP contribution in [0.25, 0.3) is 0 Å². The summed E-state index contributed by atoms with van der Waals surface area (Å²) in [5, 5.41) is 9.55. The first-order valence-corrected chi connectivity index (χ1v) is 8.49. The van der Waals surface area contributed by atoms with Gasteiger partial charge >= 0.3 is 0 Å². The molecule has 0 radical (unpaired) electrons. The fourth-order valence-electron chi connectivity index (χ4n) is 4.95. The first-order valence-electron chi connectivity index (χ1n) is 8.49. The third kappa shape index (κ3) is 2.60. The molecule has 20 heavy (non-hydrogen) atoms. The van der Waals surface area contributed by atoms with Crippen molar-refractivity contribution in [2.24, 2.45) is 23.7 Å². The normalized spacial score (nSPS) is 36.2. The van der Waals surface area contributed by atoms with E-state index in [2.05, 4.69) is 24.6 Å². The molecule has 0 aromatic carbocycles. The first kappa shape index (κ1) is 14.0. The van der Waals surface area contributed by atoms with Crippen molar-refractivity contribution >= 4 is 0 Å². The second kappa shape index (κ2) is 5.80. The van der Waals surface area contributed by atoms with Crippen LogP contribution in [0.15, 0.2) is 12.2 Å². The van der Waals surface area contributed by atoms with E-state index in [-0.39, 0.29) is 0 Å². The molecule has 110 valence electrons.